The summed E-state index contributed by atoms with van der Waals surface area (Å²) in [7, 11) is 0. The van der Waals surface area contributed by atoms with E-state index in [0.29, 0.717) is 0 Å². The van der Waals surface area contributed by atoms with Gasteiger partial charge in [0.25, 0.3) is 0 Å². The second kappa shape index (κ2) is 6.05. The molecule has 1 heterocycles. The standard InChI is InChI=1S/C17H22N2/c1-2-5-9-15(8-4-1)14-19-13-12-17(18-19)16-10-6-3-7-11-16/h3,6-7,10-13,15H,1-2,4-5,8-9,14H2. The zero-order valence-corrected chi connectivity index (χ0v) is 11.5. The highest BCUT2D eigenvalue weighted by Crippen LogP contribution is 2.24. The summed E-state index contributed by atoms with van der Waals surface area (Å²) >= 11 is 0. The third-order valence-corrected chi connectivity index (χ3v) is 4.13. The molecule has 0 unspecified atom stereocenters. The van der Waals surface area contributed by atoms with Crippen LogP contribution in [0.15, 0.2) is 42.6 Å². The van der Waals surface area contributed by atoms with E-state index in [4.69, 9.17) is 5.10 Å². The topological polar surface area (TPSA) is 17.8 Å². The second-order valence-electron chi connectivity index (χ2n) is 5.65. The minimum absolute atomic E-state index is 0.825. The maximum absolute atomic E-state index is 4.72. The zero-order valence-electron chi connectivity index (χ0n) is 11.5. The van der Waals surface area contributed by atoms with E-state index in [-0.39, 0.29) is 0 Å². The quantitative estimate of drug-likeness (QED) is 0.736. The molecule has 1 aliphatic rings. The molecule has 2 nitrogen and oxygen atoms in total. The molecule has 2 aromatic rings. The monoisotopic (exact) mass is 254 g/mol. The summed E-state index contributed by atoms with van der Waals surface area (Å²) in [5, 5.41) is 4.72. The van der Waals surface area contributed by atoms with Crippen LogP contribution in [-0.4, -0.2) is 9.78 Å². The molecule has 0 atom stereocenters. The van der Waals surface area contributed by atoms with Gasteiger partial charge in [0.15, 0.2) is 0 Å². The van der Waals surface area contributed by atoms with E-state index >= 15 is 0 Å². The Hall–Kier alpha value is -1.57. The number of aromatic nitrogens is 2. The molecule has 0 amide bonds. The van der Waals surface area contributed by atoms with Crippen molar-refractivity contribution < 1.29 is 0 Å². The van der Waals surface area contributed by atoms with Crippen LogP contribution in [0.5, 0.6) is 0 Å². The smallest absolute Gasteiger partial charge is 0.0923 e. The fraction of sp³-hybridized carbons (Fsp3) is 0.471. The maximum Gasteiger partial charge on any atom is 0.0923 e. The van der Waals surface area contributed by atoms with E-state index in [2.05, 4.69) is 41.2 Å². The van der Waals surface area contributed by atoms with Gasteiger partial charge < -0.3 is 0 Å². The Balaban J connectivity index is 1.68. The molecule has 1 aliphatic carbocycles. The maximum atomic E-state index is 4.72. The van der Waals surface area contributed by atoms with E-state index < -0.39 is 0 Å². The third kappa shape index (κ3) is 3.25. The zero-order chi connectivity index (χ0) is 12.9. The molecule has 2 heteroatoms. The van der Waals surface area contributed by atoms with Crippen molar-refractivity contribution in [3.63, 3.8) is 0 Å². The number of hydrogen-bond acceptors (Lipinski definition) is 1. The van der Waals surface area contributed by atoms with Gasteiger partial charge in [-0.05, 0) is 24.8 Å². The molecule has 3 rings (SSSR count). The molecule has 0 bridgehead atoms. The molecule has 0 spiro atoms. The van der Waals surface area contributed by atoms with Crippen LogP contribution in [0.3, 0.4) is 0 Å². The third-order valence-electron chi connectivity index (χ3n) is 4.13. The summed E-state index contributed by atoms with van der Waals surface area (Å²) in [6, 6.07) is 12.6. The first kappa shape index (κ1) is 12.5. The van der Waals surface area contributed by atoms with Crippen LogP contribution in [0.2, 0.25) is 0 Å². The van der Waals surface area contributed by atoms with Gasteiger partial charge in [0.05, 0.1) is 5.69 Å². The van der Waals surface area contributed by atoms with Gasteiger partial charge in [-0.25, -0.2) is 0 Å². The van der Waals surface area contributed by atoms with E-state index in [0.717, 1.165) is 18.2 Å². The highest BCUT2D eigenvalue weighted by Gasteiger charge is 2.13. The molecule has 1 fully saturated rings. The molecular weight excluding hydrogens is 232 g/mol. The summed E-state index contributed by atoms with van der Waals surface area (Å²) in [4.78, 5) is 0. The molecule has 1 saturated carbocycles. The lowest BCUT2D eigenvalue weighted by atomic mass is 10.0. The first-order chi connectivity index (χ1) is 9.42. The largest absolute Gasteiger partial charge is 0.272 e. The molecule has 0 N–H and O–H groups in total. The van der Waals surface area contributed by atoms with E-state index in [1.165, 1.54) is 44.1 Å². The Kier molecular flexibility index (Phi) is 3.97. The van der Waals surface area contributed by atoms with Gasteiger partial charge in [-0.15, -0.1) is 0 Å². The highest BCUT2D eigenvalue weighted by atomic mass is 15.3. The van der Waals surface area contributed by atoms with Crippen LogP contribution >= 0.6 is 0 Å². The van der Waals surface area contributed by atoms with Crippen molar-refractivity contribution in [2.24, 2.45) is 5.92 Å². The lowest BCUT2D eigenvalue weighted by molar-refractivity contribution is 0.376. The minimum atomic E-state index is 0.825. The number of hydrogen-bond donors (Lipinski definition) is 0. The van der Waals surface area contributed by atoms with Gasteiger partial charge in [-0.2, -0.15) is 5.10 Å². The minimum Gasteiger partial charge on any atom is -0.272 e. The first-order valence-electron chi connectivity index (χ1n) is 7.51. The average molecular weight is 254 g/mol. The molecule has 1 aromatic heterocycles. The Morgan fingerprint density at radius 3 is 2.42 bits per heavy atom. The first-order valence-corrected chi connectivity index (χ1v) is 7.51. The number of benzene rings is 1. The summed E-state index contributed by atoms with van der Waals surface area (Å²) in [5.41, 5.74) is 2.30. The van der Waals surface area contributed by atoms with Crippen molar-refractivity contribution >= 4 is 0 Å². The van der Waals surface area contributed by atoms with Crippen LogP contribution in [-0.2, 0) is 6.54 Å². The summed E-state index contributed by atoms with van der Waals surface area (Å²) in [6.45, 7) is 1.09. The fourth-order valence-electron chi connectivity index (χ4n) is 3.04. The van der Waals surface area contributed by atoms with Crippen molar-refractivity contribution in [1.29, 1.82) is 0 Å². The van der Waals surface area contributed by atoms with E-state index in [1.807, 2.05) is 6.07 Å². The molecular formula is C17H22N2. The van der Waals surface area contributed by atoms with Gasteiger partial charge in [0, 0.05) is 18.3 Å². The van der Waals surface area contributed by atoms with Crippen molar-refractivity contribution in [3.05, 3.63) is 42.6 Å². The van der Waals surface area contributed by atoms with Gasteiger partial charge in [0.1, 0.15) is 0 Å². The Morgan fingerprint density at radius 1 is 0.947 bits per heavy atom. The molecule has 19 heavy (non-hydrogen) atoms. The molecule has 1 aromatic carbocycles. The normalized spacial score (nSPS) is 17.3. The predicted octanol–water partition coefficient (Wildman–Crippen LogP) is 4.52. The Morgan fingerprint density at radius 2 is 1.68 bits per heavy atom. The summed E-state index contributed by atoms with van der Waals surface area (Å²) in [6.07, 6.45) is 10.5. The Bertz CT molecular complexity index is 493. The summed E-state index contributed by atoms with van der Waals surface area (Å²) < 4.78 is 2.14. The van der Waals surface area contributed by atoms with Gasteiger partial charge in [-0.1, -0.05) is 56.0 Å². The molecule has 0 radical (unpaired) electrons. The molecule has 0 saturated heterocycles. The van der Waals surface area contributed by atoms with Gasteiger partial charge in [0.2, 0.25) is 0 Å². The fourth-order valence-corrected chi connectivity index (χ4v) is 3.04. The van der Waals surface area contributed by atoms with Crippen LogP contribution in [0, 0.1) is 5.92 Å². The van der Waals surface area contributed by atoms with Crippen LogP contribution in [0.4, 0.5) is 0 Å². The average Bonchev–Trinajstić information content (AvgIpc) is 2.76. The van der Waals surface area contributed by atoms with Gasteiger partial charge >= 0.3 is 0 Å². The van der Waals surface area contributed by atoms with Crippen molar-refractivity contribution in [3.8, 4) is 11.3 Å². The lowest BCUT2D eigenvalue weighted by Crippen LogP contribution is -2.10. The predicted molar refractivity (Wildman–Crippen MR) is 78.9 cm³/mol. The molecule has 0 aliphatic heterocycles. The van der Waals surface area contributed by atoms with Crippen LogP contribution < -0.4 is 0 Å². The Labute approximate surface area is 115 Å². The number of rotatable bonds is 3. The lowest BCUT2D eigenvalue weighted by Gasteiger charge is -2.13. The van der Waals surface area contributed by atoms with Crippen molar-refractivity contribution in [2.75, 3.05) is 0 Å². The van der Waals surface area contributed by atoms with E-state index in [9.17, 15) is 0 Å². The van der Waals surface area contributed by atoms with Crippen molar-refractivity contribution in [1.82, 2.24) is 9.78 Å². The van der Waals surface area contributed by atoms with Gasteiger partial charge in [-0.3, -0.25) is 4.68 Å². The highest BCUT2D eigenvalue weighted by molar-refractivity contribution is 5.57. The van der Waals surface area contributed by atoms with Crippen molar-refractivity contribution in [2.45, 2.75) is 45.1 Å². The van der Waals surface area contributed by atoms with Crippen LogP contribution in [0.25, 0.3) is 11.3 Å². The SMILES string of the molecule is c1ccc(-c2ccn(CC3CCCCCC3)n2)cc1. The van der Waals surface area contributed by atoms with E-state index in [1.54, 1.807) is 0 Å². The second-order valence-corrected chi connectivity index (χ2v) is 5.65. The van der Waals surface area contributed by atoms with Crippen LogP contribution in [0.1, 0.15) is 38.5 Å². The summed E-state index contributed by atoms with van der Waals surface area (Å²) in [5.74, 6) is 0.825. The molecule has 100 valence electrons. The number of nitrogens with zero attached hydrogens (tertiary/aromatic N) is 2.